The second-order valence-corrected chi connectivity index (χ2v) is 4.07. The molecule has 2 heterocycles. The minimum Gasteiger partial charge on any atom is -0.468 e. The molecule has 0 radical (unpaired) electrons. The first-order chi connectivity index (χ1) is 10.1. The average molecular weight is 294 g/mol. The highest BCUT2D eigenvalue weighted by Gasteiger charge is 2.14. The van der Waals surface area contributed by atoms with Gasteiger partial charge in [0.25, 0.3) is 5.91 Å². The van der Waals surface area contributed by atoms with Gasteiger partial charge in [0.05, 0.1) is 19.0 Å². The molecule has 2 aromatic rings. The number of esters is 1. The molecule has 0 aliphatic heterocycles. The number of hydrogen-bond donors (Lipinski definition) is 1. The zero-order valence-corrected chi connectivity index (χ0v) is 11.5. The van der Waals surface area contributed by atoms with Crippen LogP contribution in [0.4, 0.5) is 5.69 Å². The van der Waals surface area contributed by atoms with Crippen LogP contribution in [0.5, 0.6) is 0 Å². The SMILES string of the molecule is COCc1cc(C(=O)Nc2cnn(CC(=O)OC)c2)no1. The average Bonchev–Trinajstić information content (AvgIpc) is 3.09. The van der Waals surface area contributed by atoms with Crippen molar-refractivity contribution in [2.24, 2.45) is 0 Å². The molecule has 2 aromatic heterocycles. The van der Waals surface area contributed by atoms with Crippen LogP contribution in [0.25, 0.3) is 0 Å². The lowest BCUT2D eigenvalue weighted by molar-refractivity contribution is -0.141. The maximum absolute atomic E-state index is 11.9. The van der Waals surface area contributed by atoms with Crippen LogP contribution in [-0.4, -0.2) is 41.0 Å². The first-order valence-electron chi connectivity index (χ1n) is 5.97. The van der Waals surface area contributed by atoms with E-state index in [9.17, 15) is 9.59 Å². The molecule has 0 atom stereocenters. The summed E-state index contributed by atoms with van der Waals surface area (Å²) < 4.78 is 15.7. The number of anilines is 1. The van der Waals surface area contributed by atoms with Gasteiger partial charge in [0.2, 0.25) is 0 Å². The van der Waals surface area contributed by atoms with Crippen LogP contribution >= 0.6 is 0 Å². The molecule has 112 valence electrons. The second kappa shape index (κ2) is 6.66. The van der Waals surface area contributed by atoms with Crippen molar-refractivity contribution < 1.29 is 23.6 Å². The highest BCUT2D eigenvalue weighted by Crippen LogP contribution is 2.10. The van der Waals surface area contributed by atoms with Crippen LogP contribution in [0, 0.1) is 0 Å². The fourth-order valence-electron chi connectivity index (χ4n) is 1.54. The Morgan fingerprint density at radius 3 is 2.95 bits per heavy atom. The Bertz CT molecular complexity index is 633. The monoisotopic (exact) mass is 294 g/mol. The summed E-state index contributed by atoms with van der Waals surface area (Å²) in [5.41, 5.74) is 0.558. The summed E-state index contributed by atoms with van der Waals surface area (Å²) in [6.07, 6.45) is 2.92. The molecule has 0 unspecified atom stereocenters. The smallest absolute Gasteiger partial charge is 0.327 e. The van der Waals surface area contributed by atoms with Crippen molar-refractivity contribution in [2.45, 2.75) is 13.2 Å². The third kappa shape index (κ3) is 3.89. The zero-order valence-electron chi connectivity index (χ0n) is 11.5. The zero-order chi connectivity index (χ0) is 15.2. The number of rotatable bonds is 6. The van der Waals surface area contributed by atoms with Gasteiger partial charge in [-0.2, -0.15) is 5.10 Å². The summed E-state index contributed by atoms with van der Waals surface area (Å²) in [7, 11) is 2.80. The molecule has 0 bridgehead atoms. The van der Waals surface area contributed by atoms with Gasteiger partial charge in [-0.1, -0.05) is 5.16 Å². The van der Waals surface area contributed by atoms with E-state index in [1.54, 1.807) is 0 Å². The van der Waals surface area contributed by atoms with Crippen LogP contribution in [0.15, 0.2) is 23.0 Å². The summed E-state index contributed by atoms with van der Waals surface area (Å²) in [6.45, 7) is 0.200. The van der Waals surface area contributed by atoms with Crippen LogP contribution in [-0.2, 0) is 27.4 Å². The van der Waals surface area contributed by atoms with E-state index in [0.29, 0.717) is 11.4 Å². The fourth-order valence-corrected chi connectivity index (χ4v) is 1.54. The number of nitrogens with zero attached hydrogens (tertiary/aromatic N) is 3. The standard InChI is InChI=1S/C12H14N4O5/c1-19-7-9-3-10(15-21-9)12(18)14-8-4-13-16(5-8)6-11(17)20-2/h3-5H,6-7H2,1-2H3,(H,14,18). The third-order valence-corrected chi connectivity index (χ3v) is 2.49. The van der Waals surface area contributed by atoms with Gasteiger partial charge in [-0.3, -0.25) is 14.3 Å². The topological polar surface area (TPSA) is 108 Å². The number of ether oxygens (including phenoxy) is 2. The fraction of sp³-hybridized carbons (Fsp3) is 0.333. The first kappa shape index (κ1) is 14.7. The highest BCUT2D eigenvalue weighted by molar-refractivity contribution is 6.02. The molecular formula is C12H14N4O5. The summed E-state index contributed by atoms with van der Waals surface area (Å²) in [6, 6.07) is 1.48. The van der Waals surface area contributed by atoms with Crippen molar-refractivity contribution in [2.75, 3.05) is 19.5 Å². The maximum atomic E-state index is 11.9. The largest absolute Gasteiger partial charge is 0.468 e. The molecule has 0 spiro atoms. The van der Waals surface area contributed by atoms with Crippen molar-refractivity contribution in [3.05, 3.63) is 29.9 Å². The van der Waals surface area contributed by atoms with Gasteiger partial charge in [-0.05, 0) is 0 Å². The Balaban J connectivity index is 1.97. The molecule has 1 N–H and O–H groups in total. The van der Waals surface area contributed by atoms with Gasteiger partial charge >= 0.3 is 5.97 Å². The maximum Gasteiger partial charge on any atom is 0.327 e. The van der Waals surface area contributed by atoms with Crippen molar-refractivity contribution >= 4 is 17.6 Å². The van der Waals surface area contributed by atoms with Gasteiger partial charge in [-0.25, -0.2) is 0 Å². The van der Waals surface area contributed by atoms with Crippen molar-refractivity contribution in [1.29, 1.82) is 0 Å². The van der Waals surface area contributed by atoms with Crippen LogP contribution < -0.4 is 5.32 Å². The van der Waals surface area contributed by atoms with Crippen molar-refractivity contribution in [1.82, 2.24) is 14.9 Å². The van der Waals surface area contributed by atoms with E-state index < -0.39 is 11.9 Å². The van der Waals surface area contributed by atoms with Gasteiger partial charge in [0, 0.05) is 19.4 Å². The summed E-state index contributed by atoms with van der Waals surface area (Å²) >= 11 is 0. The van der Waals surface area contributed by atoms with E-state index in [4.69, 9.17) is 9.26 Å². The van der Waals surface area contributed by atoms with Crippen molar-refractivity contribution in [3.8, 4) is 0 Å². The molecule has 1 amide bonds. The lowest BCUT2D eigenvalue weighted by Crippen LogP contribution is -2.13. The molecule has 0 aliphatic carbocycles. The van der Waals surface area contributed by atoms with Crippen molar-refractivity contribution in [3.63, 3.8) is 0 Å². The molecule has 0 aromatic carbocycles. The number of carbonyl (C=O) groups excluding carboxylic acids is 2. The predicted octanol–water partition coefficient (Wildman–Crippen LogP) is 0.443. The van der Waals surface area contributed by atoms with Gasteiger partial charge in [0.1, 0.15) is 13.2 Å². The third-order valence-electron chi connectivity index (χ3n) is 2.49. The number of methoxy groups -OCH3 is 2. The van der Waals surface area contributed by atoms with Gasteiger partial charge in [0.15, 0.2) is 11.5 Å². The van der Waals surface area contributed by atoms with E-state index in [1.165, 1.54) is 37.4 Å². The Kier molecular flexibility index (Phi) is 4.67. The number of nitrogens with one attached hydrogen (secondary N) is 1. The van der Waals surface area contributed by atoms with E-state index in [2.05, 4.69) is 20.3 Å². The predicted molar refractivity (Wildman–Crippen MR) is 69.4 cm³/mol. The lowest BCUT2D eigenvalue weighted by atomic mass is 10.3. The lowest BCUT2D eigenvalue weighted by Gasteiger charge is -1.99. The van der Waals surface area contributed by atoms with E-state index in [0.717, 1.165) is 0 Å². The summed E-state index contributed by atoms with van der Waals surface area (Å²) in [5.74, 6) is -0.431. The molecule has 9 nitrogen and oxygen atoms in total. The van der Waals surface area contributed by atoms with Crippen LogP contribution in [0.1, 0.15) is 16.2 Å². The summed E-state index contributed by atoms with van der Waals surface area (Å²) in [4.78, 5) is 23.0. The van der Waals surface area contributed by atoms with E-state index in [-0.39, 0.29) is 18.8 Å². The van der Waals surface area contributed by atoms with Crippen LogP contribution in [0.2, 0.25) is 0 Å². The molecule has 0 saturated heterocycles. The molecule has 0 saturated carbocycles. The minimum atomic E-state index is -0.446. The number of amides is 1. The Morgan fingerprint density at radius 2 is 2.24 bits per heavy atom. The van der Waals surface area contributed by atoms with E-state index >= 15 is 0 Å². The van der Waals surface area contributed by atoms with Gasteiger partial charge in [-0.15, -0.1) is 0 Å². The molecule has 0 fully saturated rings. The minimum absolute atomic E-state index is 0.0334. The Labute approximate surface area is 119 Å². The Morgan fingerprint density at radius 1 is 1.43 bits per heavy atom. The molecular weight excluding hydrogens is 280 g/mol. The number of hydrogen-bond acceptors (Lipinski definition) is 7. The second-order valence-electron chi connectivity index (χ2n) is 4.07. The summed E-state index contributed by atoms with van der Waals surface area (Å²) in [5, 5.41) is 10.1. The number of carbonyl (C=O) groups is 2. The molecule has 2 rings (SSSR count). The molecule has 21 heavy (non-hydrogen) atoms. The normalized spacial score (nSPS) is 10.4. The van der Waals surface area contributed by atoms with Crippen LogP contribution in [0.3, 0.4) is 0 Å². The molecule has 0 aliphatic rings. The van der Waals surface area contributed by atoms with E-state index in [1.807, 2.05) is 0 Å². The van der Waals surface area contributed by atoms with Gasteiger partial charge < -0.3 is 19.3 Å². The quantitative estimate of drug-likeness (QED) is 0.770. The molecule has 9 heteroatoms. The Hall–Kier alpha value is -2.68. The highest BCUT2D eigenvalue weighted by atomic mass is 16.5. The number of aromatic nitrogens is 3. The first-order valence-corrected chi connectivity index (χ1v) is 5.97.